The van der Waals surface area contributed by atoms with Crippen LogP contribution in [0.2, 0.25) is 0 Å². The minimum atomic E-state index is -0.664. The van der Waals surface area contributed by atoms with Crippen LogP contribution in [0.1, 0.15) is 6.92 Å². The maximum Gasteiger partial charge on any atom is 0.207 e. The number of hydrogen-bond donors (Lipinski definition) is 1. The summed E-state index contributed by atoms with van der Waals surface area (Å²) < 4.78 is 29.2. The van der Waals surface area contributed by atoms with Crippen molar-refractivity contribution in [3.63, 3.8) is 0 Å². The fourth-order valence-corrected chi connectivity index (χ4v) is 1.86. The average Bonchev–Trinajstić information content (AvgIpc) is 2.70. The van der Waals surface area contributed by atoms with Gasteiger partial charge in [0.2, 0.25) is 5.95 Å². The molecule has 0 unspecified atom stereocenters. The number of aromatic nitrogens is 2. The fourth-order valence-electron chi connectivity index (χ4n) is 1.46. The highest BCUT2D eigenvalue weighted by atomic mass is 79.9. The zero-order chi connectivity index (χ0) is 12.4. The van der Waals surface area contributed by atoms with Gasteiger partial charge in [0.1, 0.15) is 5.69 Å². The highest BCUT2D eigenvalue weighted by molar-refractivity contribution is 9.10. The molecule has 0 aliphatic heterocycles. The van der Waals surface area contributed by atoms with Gasteiger partial charge in [0.15, 0.2) is 11.6 Å². The van der Waals surface area contributed by atoms with Crippen molar-refractivity contribution in [1.82, 2.24) is 9.55 Å². The van der Waals surface area contributed by atoms with Crippen LogP contribution >= 0.6 is 15.9 Å². The first-order valence-corrected chi connectivity index (χ1v) is 5.83. The van der Waals surface area contributed by atoms with E-state index < -0.39 is 11.6 Å². The van der Waals surface area contributed by atoms with E-state index in [1.165, 1.54) is 12.1 Å². The van der Waals surface area contributed by atoms with Gasteiger partial charge in [-0.1, -0.05) is 15.9 Å². The van der Waals surface area contributed by atoms with Crippen molar-refractivity contribution in [2.45, 2.75) is 13.5 Å². The van der Waals surface area contributed by atoms with Crippen LogP contribution in [-0.4, -0.2) is 9.55 Å². The van der Waals surface area contributed by atoms with Crippen LogP contribution in [0.4, 0.5) is 20.4 Å². The molecule has 0 aliphatic rings. The van der Waals surface area contributed by atoms with E-state index in [0.717, 1.165) is 0 Å². The molecule has 0 aliphatic carbocycles. The lowest BCUT2D eigenvalue weighted by molar-refractivity contribution is 0.588. The van der Waals surface area contributed by atoms with E-state index in [-0.39, 0.29) is 5.69 Å². The summed E-state index contributed by atoms with van der Waals surface area (Å²) in [5.74, 6) is -0.919. The minimum absolute atomic E-state index is 0.200. The van der Waals surface area contributed by atoms with E-state index in [4.69, 9.17) is 0 Å². The molecule has 1 heterocycles. The first kappa shape index (κ1) is 12.0. The molecule has 0 saturated heterocycles. The molecule has 1 N–H and O–H groups in total. The molecule has 3 nitrogen and oxygen atoms in total. The topological polar surface area (TPSA) is 29.9 Å². The second-order valence-corrected chi connectivity index (χ2v) is 4.32. The molecule has 0 radical (unpaired) electrons. The molecule has 6 heteroatoms. The van der Waals surface area contributed by atoms with Crippen molar-refractivity contribution < 1.29 is 8.78 Å². The highest BCUT2D eigenvalue weighted by Crippen LogP contribution is 2.26. The van der Waals surface area contributed by atoms with Gasteiger partial charge >= 0.3 is 0 Å². The summed E-state index contributed by atoms with van der Waals surface area (Å²) in [5, 5.41) is 2.65. The van der Waals surface area contributed by atoms with Crippen molar-refractivity contribution in [2.75, 3.05) is 5.32 Å². The first-order chi connectivity index (χ1) is 8.11. The third kappa shape index (κ3) is 2.46. The molecule has 2 aromatic rings. The molecule has 2 rings (SSSR count). The predicted molar refractivity (Wildman–Crippen MR) is 65.2 cm³/mol. The minimum Gasteiger partial charge on any atom is -0.321 e. The monoisotopic (exact) mass is 301 g/mol. The van der Waals surface area contributed by atoms with E-state index >= 15 is 0 Å². The van der Waals surface area contributed by atoms with Gasteiger partial charge in [0.05, 0.1) is 0 Å². The van der Waals surface area contributed by atoms with Crippen molar-refractivity contribution >= 4 is 27.6 Å². The number of anilines is 2. The Hall–Kier alpha value is -1.43. The lowest BCUT2D eigenvalue weighted by Gasteiger charge is -2.10. The summed E-state index contributed by atoms with van der Waals surface area (Å²) in [4.78, 5) is 3.99. The van der Waals surface area contributed by atoms with Crippen LogP contribution in [0.25, 0.3) is 0 Å². The van der Waals surface area contributed by atoms with Gasteiger partial charge in [-0.2, -0.15) is 0 Å². The summed E-state index contributed by atoms with van der Waals surface area (Å²) in [5.41, 5.74) is -0.200. The van der Waals surface area contributed by atoms with Crippen molar-refractivity contribution in [3.8, 4) is 0 Å². The number of hydrogen-bond acceptors (Lipinski definition) is 2. The Bertz CT molecular complexity index is 516. The van der Waals surface area contributed by atoms with Crippen LogP contribution in [0.3, 0.4) is 0 Å². The van der Waals surface area contributed by atoms with Crippen molar-refractivity contribution in [1.29, 1.82) is 0 Å². The maximum absolute atomic E-state index is 13.6. The molecule has 1 aromatic heterocycles. The average molecular weight is 302 g/mol. The summed E-state index contributed by atoms with van der Waals surface area (Å²) in [7, 11) is 0. The van der Waals surface area contributed by atoms with Crippen LogP contribution in [-0.2, 0) is 6.54 Å². The number of aryl methyl sites for hydroxylation is 1. The zero-order valence-electron chi connectivity index (χ0n) is 9.04. The molecule has 0 bridgehead atoms. The largest absolute Gasteiger partial charge is 0.321 e. The Kier molecular flexibility index (Phi) is 3.42. The van der Waals surface area contributed by atoms with Gasteiger partial charge in [0.25, 0.3) is 0 Å². The Morgan fingerprint density at radius 1 is 1.35 bits per heavy atom. The van der Waals surface area contributed by atoms with Crippen LogP contribution in [0.5, 0.6) is 0 Å². The Morgan fingerprint density at radius 2 is 2.00 bits per heavy atom. The van der Waals surface area contributed by atoms with Crippen LogP contribution < -0.4 is 5.32 Å². The summed E-state index contributed by atoms with van der Waals surface area (Å²) in [6.07, 6.45) is 3.30. The normalized spacial score (nSPS) is 10.6. The van der Waals surface area contributed by atoms with E-state index in [0.29, 0.717) is 17.0 Å². The third-order valence-corrected chi connectivity index (χ3v) is 2.76. The molecule has 90 valence electrons. The number of rotatable bonds is 3. The molecule has 17 heavy (non-hydrogen) atoms. The van der Waals surface area contributed by atoms with E-state index in [9.17, 15) is 8.78 Å². The first-order valence-electron chi connectivity index (χ1n) is 5.04. The Balaban J connectivity index is 2.36. The zero-order valence-corrected chi connectivity index (χ0v) is 10.6. The standard InChI is InChI=1S/C11H10BrF2N3/c1-2-17-4-3-15-11(17)16-10-8(13)5-7(12)6-9(10)14/h3-6H,2H2,1H3,(H,15,16). The van der Waals surface area contributed by atoms with E-state index in [1.807, 2.05) is 6.92 Å². The summed E-state index contributed by atoms with van der Waals surface area (Å²) >= 11 is 3.02. The van der Waals surface area contributed by atoms with Gasteiger partial charge in [-0.15, -0.1) is 0 Å². The second kappa shape index (κ2) is 4.83. The van der Waals surface area contributed by atoms with Crippen LogP contribution in [0.15, 0.2) is 29.0 Å². The molecule has 0 spiro atoms. The Morgan fingerprint density at radius 3 is 2.59 bits per heavy atom. The third-order valence-electron chi connectivity index (χ3n) is 2.30. The molecule has 1 aromatic carbocycles. The smallest absolute Gasteiger partial charge is 0.207 e. The molecule has 0 atom stereocenters. The summed E-state index contributed by atoms with van der Waals surface area (Å²) in [6.45, 7) is 2.59. The maximum atomic E-state index is 13.6. The van der Waals surface area contributed by atoms with Crippen LogP contribution in [0, 0.1) is 11.6 Å². The van der Waals surface area contributed by atoms with Gasteiger partial charge in [-0.05, 0) is 19.1 Å². The molecule has 0 saturated carbocycles. The molecule has 0 fully saturated rings. The second-order valence-electron chi connectivity index (χ2n) is 3.41. The van der Waals surface area contributed by atoms with Gasteiger partial charge in [-0.3, -0.25) is 0 Å². The summed E-state index contributed by atoms with van der Waals surface area (Å²) in [6, 6.07) is 2.40. The Labute approximate surface area is 106 Å². The van der Waals surface area contributed by atoms with E-state index in [1.54, 1.807) is 17.0 Å². The molecule has 0 amide bonds. The highest BCUT2D eigenvalue weighted by Gasteiger charge is 2.12. The van der Waals surface area contributed by atoms with E-state index in [2.05, 4.69) is 26.2 Å². The lowest BCUT2D eigenvalue weighted by atomic mass is 10.3. The van der Waals surface area contributed by atoms with Crippen molar-refractivity contribution in [2.24, 2.45) is 0 Å². The molecular formula is C11H10BrF2N3. The van der Waals surface area contributed by atoms with Gasteiger partial charge in [-0.25, -0.2) is 13.8 Å². The van der Waals surface area contributed by atoms with Gasteiger partial charge < -0.3 is 9.88 Å². The SMILES string of the molecule is CCn1ccnc1Nc1c(F)cc(Br)cc1F. The number of nitrogens with one attached hydrogen (secondary N) is 1. The molecular weight excluding hydrogens is 292 g/mol. The number of halogens is 3. The number of imidazole rings is 1. The number of nitrogens with zero attached hydrogens (tertiary/aromatic N) is 2. The van der Waals surface area contributed by atoms with Crippen molar-refractivity contribution in [3.05, 3.63) is 40.6 Å². The number of benzene rings is 1. The lowest BCUT2D eigenvalue weighted by Crippen LogP contribution is -2.04. The predicted octanol–water partition coefficient (Wildman–Crippen LogP) is 3.69. The quantitative estimate of drug-likeness (QED) is 0.937. The fraction of sp³-hybridized carbons (Fsp3) is 0.182. The van der Waals surface area contributed by atoms with Gasteiger partial charge in [0, 0.05) is 23.4 Å².